The third-order valence-corrected chi connectivity index (χ3v) is 2.92. The Kier molecular flexibility index (Phi) is 2.62. The highest BCUT2D eigenvalue weighted by Gasteiger charge is 2.19. The van der Waals surface area contributed by atoms with Crippen molar-refractivity contribution in [1.82, 2.24) is 15.0 Å². The van der Waals surface area contributed by atoms with Gasteiger partial charge >= 0.3 is 0 Å². The molecule has 0 aliphatic heterocycles. The fourth-order valence-corrected chi connectivity index (χ4v) is 2.04. The monoisotopic (exact) mass is 242 g/mol. The first-order valence-electron chi connectivity index (χ1n) is 5.70. The maximum absolute atomic E-state index is 5.79. The van der Waals surface area contributed by atoms with Crippen molar-refractivity contribution < 1.29 is 4.42 Å². The number of imidazole rings is 1. The summed E-state index contributed by atoms with van der Waals surface area (Å²) in [5.41, 5.74) is 4.42. The van der Waals surface area contributed by atoms with Crippen molar-refractivity contribution in [3.8, 4) is 0 Å². The van der Waals surface area contributed by atoms with Crippen molar-refractivity contribution in [2.75, 3.05) is 0 Å². The van der Waals surface area contributed by atoms with E-state index in [0.29, 0.717) is 0 Å². The maximum atomic E-state index is 5.79. The van der Waals surface area contributed by atoms with E-state index < -0.39 is 0 Å². The molecule has 92 valence electrons. The van der Waals surface area contributed by atoms with E-state index in [1.54, 1.807) is 6.33 Å². The summed E-state index contributed by atoms with van der Waals surface area (Å²) in [5.74, 6) is 6.37. The van der Waals surface area contributed by atoms with Crippen LogP contribution in [0.15, 0.2) is 47.3 Å². The Morgan fingerprint density at radius 1 is 1.39 bits per heavy atom. The minimum absolute atomic E-state index is 0.237. The molecule has 2 heterocycles. The third-order valence-electron chi connectivity index (χ3n) is 2.92. The van der Waals surface area contributed by atoms with Crippen molar-refractivity contribution in [2.24, 2.45) is 12.9 Å². The predicted molar refractivity (Wildman–Crippen MR) is 68.6 cm³/mol. The molecule has 2 aromatic heterocycles. The summed E-state index contributed by atoms with van der Waals surface area (Å²) >= 11 is 0. The van der Waals surface area contributed by atoms with E-state index in [4.69, 9.17) is 10.3 Å². The highest BCUT2D eigenvalue weighted by Crippen LogP contribution is 2.26. The topological polar surface area (TPSA) is 69.0 Å². The SMILES string of the molecule is Cn1cnc(C(NN)c2cc3ccccc3o2)c1. The van der Waals surface area contributed by atoms with Crippen LogP contribution >= 0.6 is 0 Å². The van der Waals surface area contributed by atoms with Crippen LogP contribution in [0, 0.1) is 0 Å². The standard InChI is InChI=1S/C13H14N4O/c1-17-7-10(15-8-17)13(16-14)12-6-9-4-2-3-5-11(9)18-12/h2-8,13,16H,14H2,1H3. The molecule has 0 bridgehead atoms. The van der Waals surface area contributed by atoms with Gasteiger partial charge in [0, 0.05) is 18.6 Å². The van der Waals surface area contributed by atoms with E-state index in [9.17, 15) is 0 Å². The van der Waals surface area contributed by atoms with Gasteiger partial charge < -0.3 is 8.98 Å². The molecule has 3 N–H and O–H groups in total. The summed E-state index contributed by atoms with van der Waals surface area (Å²) in [6.07, 6.45) is 3.65. The number of para-hydroxylation sites is 1. The number of aromatic nitrogens is 2. The summed E-state index contributed by atoms with van der Waals surface area (Å²) in [4.78, 5) is 4.29. The Morgan fingerprint density at radius 2 is 2.22 bits per heavy atom. The number of nitrogens with one attached hydrogen (secondary N) is 1. The van der Waals surface area contributed by atoms with Gasteiger partial charge in [-0.3, -0.25) is 5.84 Å². The highest BCUT2D eigenvalue weighted by atomic mass is 16.3. The Bertz CT molecular complexity index is 637. The third kappa shape index (κ3) is 1.79. The second-order valence-electron chi connectivity index (χ2n) is 4.25. The lowest BCUT2D eigenvalue weighted by Crippen LogP contribution is -2.28. The van der Waals surface area contributed by atoms with Gasteiger partial charge in [-0.05, 0) is 12.1 Å². The molecule has 1 aromatic carbocycles. The first-order valence-corrected chi connectivity index (χ1v) is 5.70. The van der Waals surface area contributed by atoms with E-state index in [2.05, 4.69) is 10.4 Å². The summed E-state index contributed by atoms with van der Waals surface area (Å²) in [5, 5.41) is 1.06. The molecule has 3 aromatic rings. The van der Waals surface area contributed by atoms with Gasteiger partial charge in [-0.2, -0.15) is 0 Å². The van der Waals surface area contributed by atoms with Gasteiger partial charge in [0.1, 0.15) is 17.4 Å². The van der Waals surface area contributed by atoms with Crippen LogP contribution < -0.4 is 11.3 Å². The van der Waals surface area contributed by atoms with Crippen molar-refractivity contribution in [1.29, 1.82) is 0 Å². The van der Waals surface area contributed by atoms with Crippen LogP contribution in [-0.4, -0.2) is 9.55 Å². The molecule has 0 radical (unpaired) electrons. The first kappa shape index (κ1) is 11.0. The van der Waals surface area contributed by atoms with E-state index in [0.717, 1.165) is 22.4 Å². The number of furan rings is 1. The van der Waals surface area contributed by atoms with E-state index in [-0.39, 0.29) is 6.04 Å². The second kappa shape index (κ2) is 4.29. The number of aryl methyl sites for hydroxylation is 1. The molecule has 0 saturated heterocycles. The lowest BCUT2D eigenvalue weighted by atomic mass is 10.1. The molecule has 1 unspecified atom stereocenters. The fourth-order valence-electron chi connectivity index (χ4n) is 2.04. The molecule has 0 spiro atoms. The summed E-state index contributed by atoms with van der Waals surface area (Å²) in [6, 6.07) is 9.61. The van der Waals surface area contributed by atoms with Gasteiger partial charge in [-0.25, -0.2) is 10.4 Å². The molecule has 5 heteroatoms. The van der Waals surface area contributed by atoms with Gasteiger partial charge in [-0.15, -0.1) is 0 Å². The zero-order valence-corrected chi connectivity index (χ0v) is 10.00. The van der Waals surface area contributed by atoms with Crippen LogP contribution in [-0.2, 0) is 7.05 Å². The Morgan fingerprint density at radius 3 is 2.89 bits per heavy atom. The molecule has 0 aliphatic rings. The number of hydrogen-bond acceptors (Lipinski definition) is 4. The van der Waals surface area contributed by atoms with Gasteiger partial charge in [0.2, 0.25) is 0 Å². The Balaban J connectivity index is 2.05. The van der Waals surface area contributed by atoms with Gasteiger partial charge in [0.05, 0.1) is 12.0 Å². The van der Waals surface area contributed by atoms with Crippen molar-refractivity contribution in [3.63, 3.8) is 0 Å². The zero-order chi connectivity index (χ0) is 12.5. The molecule has 0 amide bonds. The summed E-state index contributed by atoms with van der Waals surface area (Å²) < 4.78 is 7.67. The molecule has 3 rings (SSSR count). The molecular weight excluding hydrogens is 228 g/mol. The van der Waals surface area contributed by atoms with Crippen LogP contribution in [0.2, 0.25) is 0 Å². The van der Waals surface area contributed by atoms with Crippen molar-refractivity contribution >= 4 is 11.0 Å². The quantitative estimate of drug-likeness (QED) is 0.542. The minimum atomic E-state index is -0.237. The maximum Gasteiger partial charge on any atom is 0.134 e. The van der Waals surface area contributed by atoms with E-state index in [1.807, 2.05) is 48.1 Å². The lowest BCUT2D eigenvalue weighted by molar-refractivity contribution is 0.472. The molecule has 1 atom stereocenters. The average molecular weight is 242 g/mol. The molecule has 5 nitrogen and oxygen atoms in total. The molecule has 0 fully saturated rings. The number of nitrogens with two attached hydrogens (primary N) is 1. The van der Waals surface area contributed by atoms with E-state index >= 15 is 0 Å². The predicted octanol–water partition coefficient (Wildman–Crippen LogP) is 1.72. The fraction of sp³-hybridized carbons (Fsp3) is 0.154. The normalized spacial score (nSPS) is 13.0. The van der Waals surface area contributed by atoms with Crippen molar-refractivity contribution in [2.45, 2.75) is 6.04 Å². The zero-order valence-electron chi connectivity index (χ0n) is 10.00. The average Bonchev–Trinajstić information content (AvgIpc) is 2.96. The Hall–Kier alpha value is -2.11. The largest absolute Gasteiger partial charge is 0.459 e. The van der Waals surface area contributed by atoms with Crippen LogP contribution in [0.4, 0.5) is 0 Å². The number of fused-ring (bicyclic) bond motifs is 1. The van der Waals surface area contributed by atoms with Crippen LogP contribution in [0.3, 0.4) is 0 Å². The van der Waals surface area contributed by atoms with Crippen LogP contribution in [0.25, 0.3) is 11.0 Å². The lowest BCUT2D eigenvalue weighted by Gasteiger charge is -2.09. The number of hydrazine groups is 1. The smallest absolute Gasteiger partial charge is 0.134 e. The van der Waals surface area contributed by atoms with Gasteiger partial charge in [-0.1, -0.05) is 18.2 Å². The molecule has 18 heavy (non-hydrogen) atoms. The minimum Gasteiger partial charge on any atom is -0.459 e. The highest BCUT2D eigenvalue weighted by molar-refractivity contribution is 5.77. The van der Waals surface area contributed by atoms with E-state index in [1.165, 1.54) is 0 Å². The van der Waals surface area contributed by atoms with Crippen LogP contribution in [0.1, 0.15) is 17.5 Å². The number of benzene rings is 1. The number of rotatable bonds is 3. The second-order valence-corrected chi connectivity index (χ2v) is 4.25. The first-order chi connectivity index (χ1) is 8.78. The molecular formula is C13H14N4O. The molecule has 0 saturated carbocycles. The Labute approximate surface area is 104 Å². The summed E-state index contributed by atoms with van der Waals surface area (Å²) in [6.45, 7) is 0. The summed E-state index contributed by atoms with van der Waals surface area (Å²) in [7, 11) is 1.92. The number of hydrogen-bond donors (Lipinski definition) is 2. The van der Waals surface area contributed by atoms with Gasteiger partial charge in [0.15, 0.2) is 0 Å². The molecule has 0 aliphatic carbocycles. The van der Waals surface area contributed by atoms with Crippen molar-refractivity contribution in [3.05, 3.63) is 54.3 Å². The number of nitrogens with zero attached hydrogens (tertiary/aromatic N) is 2. The van der Waals surface area contributed by atoms with Crippen LogP contribution in [0.5, 0.6) is 0 Å². The van der Waals surface area contributed by atoms with Gasteiger partial charge in [0.25, 0.3) is 0 Å².